The molecule has 6 unspecified atom stereocenters. The summed E-state index contributed by atoms with van der Waals surface area (Å²) in [6.07, 6.45) is 61.4. The second-order valence-electron chi connectivity index (χ2n) is 22.0. The monoisotopic (exact) mass is 1140 g/mol. The minimum atomic E-state index is -1.94. The van der Waals surface area contributed by atoms with Gasteiger partial charge in [0.25, 0.3) is 0 Å². The third-order valence-corrected chi connectivity index (χ3v) is 14.5. The van der Waals surface area contributed by atoms with Crippen LogP contribution in [0, 0.1) is 0 Å². The Morgan fingerprint density at radius 3 is 1.23 bits per heavy atom. The zero-order valence-corrected chi connectivity index (χ0v) is 51.3. The smallest absolute Gasteiger partial charge is 0.335 e. The fraction of sp³-hybridized carbons (Fsp3) is 0.739. The van der Waals surface area contributed by atoms with E-state index in [0.29, 0.717) is 19.3 Å². The fourth-order valence-electron chi connectivity index (χ4n) is 9.49. The fourth-order valence-corrected chi connectivity index (χ4v) is 9.49. The minimum Gasteiger partial charge on any atom is -0.479 e. The van der Waals surface area contributed by atoms with E-state index in [1.54, 1.807) is 12.2 Å². The molecule has 3 N–H and O–H groups in total. The van der Waals surface area contributed by atoms with Crippen molar-refractivity contribution in [2.75, 3.05) is 13.2 Å². The molecule has 1 saturated heterocycles. The largest absolute Gasteiger partial charge is 0.479 e. The summed E-state index contributed by atoms with van der Waals surface area (Å²) in [6, 6.07) is 0. The van der Waals surface area contributed by atoms with Crippen LogP contribution in [0.25, 0.3) is 0 Å². The van der Waals surface area contributed by atoms with Gasteiger partial charge in [-0.15, -0.1) is 0 Å². The second-order valence-corrected chi connectivity index (χ2v) is 22.0. The number of carbonyl (C=O) groups excluding carboxylic acids is 3. The van der Waals surface area contributed by atoms with Crippen LogP contribution in [0.2, 0.25) is 0 Å². The van der Waals surface area contributed by atoms with Crippen LogP contribution in [-0.2, 0) is 42.9 Å². The summed E-state index contributed by atoms with van der Waals surface area (Å²) in [5, 5.41) is 31.5. The summed E-state index contributed by atoms with van der Waals surface area (Å²) < 4.78 is 28.4. The van der Waals surface area contributed by atoms with Crippen LogP contribution in [0.4, 0.5) is 0 Å². The van der Waals surface area contributed by atoms with Gasteiger partial charge < -0.3 is 39.0 Å². The molecule has 1 aliphatic rings. The zero-order chi connectivity index (χ0) is 58.9. The number of carbonyl (C=O) groups is 4. The highest BCUT2D eigenvalue weighted by Gasteiger charge is 2.50. The molecule has 1 rings (SSSR count). The molecule has 0 aliphatic carbocycles. The van der Waals surface area contributed by atoms with Crippen LogP contribution in [0.15, 0.2) is 85.1 Å². The van der Waals surface area contributed by atoms with Crippen molar-refractivity contribution in [3.8, 4) is 0 Å². The van der Waals surface area contributed by atoms with Crippen molar-refractivity contribution in [2.45, 2.75) is 314 Å². The van der Waals surface area contributed by atoms with Crippen molar-refractivity contribution in [2.24, 2.45) is 0 Å². The van der Waals surface area contributed by atoms with Gasteiger partial charge >= 0.3 is 23.9 Å². The number of ether oxygens (including phenoxy) is 5. The van der Waals surface area contributed by atoms with Gasteiger partial charge in [0.05, 0.1) is 13.0 Å². The minimum absolute atomic E-state index is 0.145. The molecule has 0 saturated carbocycles. The lowest BCUT2D eigenvalue weighted by atomic mass is 9.98. The van der Waals surface area contributed by atoms with E-state index >= 15 is 0 Å². The number of unbranched alkanes of at least 4 members (excludes halogenated alkanes) is 28. The third-order valence-electron chi connectivity index (χ3n) is 14.5. The molecule has 0 aromatic carbocycles. The first kappa shape index (κ1) is 74.9. The van der Waals surface area contributed by atoms with Crippen LogP contribution in [-0.4, -0.2) is 89.2 Å². The Bertz CT molecular complexity index is 1730. The SMILES string of the molecule is CC/C=C\C/C=C\C/C=C\C/C=C\C/C=C\CC(=O)OC1C(OCC(COC(=O)CCCCCCCCCCC/C=C\CCCCCCCC)OC(=O)CCCCCCCCC/C=C\CCCCCCCC)OC(C(=O)O)C(O)C1O. The van der Waals surface area contributed by atoms with Gasteiger partial charge in [0.2, 0.25) is 0 Å². The van der Waals surface area contributed by atoms with Gasteiger partial charge in [-0.1, -0.05) is 247 Å². The van der Waals surface area contributed by atoms with Crippen molar-refractivity contribution in [1.82, 2.24) is 0 Å². The van der Waals surface area contributed by atoms with Crippen LogP contribution in [0.3, 0.4) is 0 Å². The number of esters is 3. The van der Waals surface area contributed by atoms with Crippen LogP contribution >= 0.6 is 0 Å². The van der Waals surface area contributed by atoms with Gasteiger partial charge in [0.1, 0.15) is 18.8 Å². The van der Waals surface area contributed by atoms with Crippen molar-refractivity contribution >= 4 is 23.9 Å². The number of hydrogen-bond donors (Lipinski definition) is 3. The second kappa shape index (κ2) is 56.4. The van der Waals surface area contributed by atoms with Crippen molar-refractivity contribution in [3.05, 3.63) is 85.1 Å². The van der Waals surface area contributed by atoms with E-state index in [-0.39, 0.29) is 25.9 Å². The summed E-state index contributed by atoms with van der Waals surface area (Å²) in [6.45, 7) is 5.85. The maximum Gasteiger partial charge on any atom is 0.335 e. The molecule has 0 aromatic rings. The molecule has 1 fully saturated rings. The lowest BCUT2D eigenvalue weighted by Gasteiger charge is -2.40. The topological polar surface area (TPSA) is 175 Å². The Hall–Kier alpha value is -4.10. The van der Waals surface area contributed by atoms with Crippen molar-refractivity contribution < 1.29 is 58.2 Å². The molecule has 0 bridgehead atoms. The van der Waals surface area contributed by atoms with Gasteiger partial charge in [0, 0.05) is 12.8 Å². The Kier molecular flexibility index (Phi) is 52.1. The molecule has 81 heavy (non-hydrogen) atoms. The lowest BCUT2D eigenvalue weighted by molar-refractivity contribution is -0.301. The van der Waals surface area contributed by atoms with Gasteiger partial charge in [-0.2, -0.15) is 0 Å². The summed E-state index contributed by atoms with van der Waals surface area (Å²) >= 11 is 0. The van der Waals surface area contributed by atoms with Crippen molar-refractivity contribution in [3.63, 3.8) is 0 Å². The number of carboxylic acids is 1. The van der Waals surface area contributed by atoms with Gasteiger partial charge in [0.15, 0.2) is 24.6 Å². The van der Waals surface area contributed by atoms with E-state index in [1.807, 2.05) is 12.2 Å². The lowest BCUT2D eigenvalue weighted by Crippen LogP contribution is -2.61. The summed E-state index contributed by atoms with van der Waals surface area (Å²) in [5.74, 6) is -3.28. The predicted octanol–water partition coefficient (Wildman–Crippen LogP) is 17.5. The number of allylic oxidation sites excluding steroid dienone is 13. The molecule has 0 spiro atoms. The molecular weight excluding hydrogens is 1020 g/mol. The average Bonchev–Trinajstić information content (AvgIpc) is 3.53. The van der Waals surface area contributed by atoms with Gasteiger partial charge in [-0.25, -0.2) is 4.79 Å². The molecule has 0 aromatic heterocycles. The molecule has 6 atom stereocenters. The van der Waals surface area contributed by atoms with E-state index < -0.39 is 67.3 Å². The first-order valence-corrected chi connectivity index (χ1v) is 32.6. The first-order chi connectivity index (χ1) is 39.6. The highest BCUT2D eigenvalue weighted by molar-refractivity contribution is 5.74. The molecule has 464 valence electrons. The predicted molar refractivity (Wildman–Crippen MR) is 331 cm³/mol. The normalized spacial score (nSPS) is 18.3. The maximum atomic E-state index is 13.2. The number of aliphatic carboxylic acids is 1. The van der Waals surface area contributed by atoms with E-state index in [9.17, 15) is 34.5 Å². The molecular formula is C69H116O12. The standard InChI is InChI=1S/C69H116O12/c1-4-7-10-13-16-19-22-25-28-30-31-33-35-37-40-43-46-49-52-55-61(70)77-58-60(79-62(71)56-53-50-47-44-41-39-36-32-29-26-23-20-17-14-11-8-5-2)59-78-69-67(65(74)64(73)66(81-69)68(75)76)80-63(72)57-54-51-48-45-42-38-34-27-24-21-18-15-12-9-6-3/h9,12,18,21,25-29,34,42,45,51,54,60,64-67,69,73-74H,4-8,10-11,13-17,19-20,22-24,30-33,35-41,43-44,46-50,52-53,55-59H2,1-3H3,(H,75,76)/b12-9-,21-18-,28-25-,29-26-,34-27-,45-42-,54-51-. The van der Waals surface area contributed by atoms with E-state index in [1.165, 1.54) is 141 Å². The Morgan fingerprint density at radius 1 is 0.432 bits per heavy atom. The molecule has 1 heterocycles. The number of aliphatic hydroxyl groups excluding tert-OH is 2. The quantitative estimate of drug-likeness (QED) is 0.0228. The van der Waals surface area contributed by atoms with Crippen LogP contribution in [0.5, 0.6) is 0 Å². The summed E-state index contributed by atoms with van der Waals surface area (Å²) in [7, 11) is 0. The number of aliphatic hydroxyl groups is 2. The molecule has 0 amide bonds. The summed E-state index contributed by atoms with van der Waals surface area (Å²) in [5.41, 5.74) is 0. The number of carboxylic acid groups (broad SMARTS) is 1. The highest BCUT2D eigenvalue weighted by Crippen LogP contribution is 2.26. The maximum absolute atomic E-state index is 13.2. The first-order valence-electron chi connectivity index (χ1n) is 32.6. The van der Waals surface area contributed by atoms with E-state index in [4.69, 9.17) is 23.7 Å². The van der Waals surface area contributed by atoms with E-state index in [2.05, 4.69) is 81.5 Å². The highest BCUT2D eigenvalue weighted by atomic mass is 16.7. The zero-order valence-electron chi connectivity index (χ0n) is 51.3. The molecule has 0 radical (unpaired) electrons. The van der Waals surface area contributed by atoms with Crippen LogP contribution in [0.1, 0.15) is 278 Å². The van der Waals surface area contributed by atoms with E-state index in [0.717, 1.165) is 77.0 Å². The average molecular weight is 1140 g/mol. The molecule has 1 aliphatic heterocycles. The Balaban J connectivity index is 2.70. The van der Waals surface area contributed by atoms with Gasteiger partial charge in [-0.3, -0.25) is 14.4 Å². The molecule has 12 nitrogen and oxygen atoms in total. The van der Waals surface area contributed by atoms with Crippen LogP contribution < -0.4 is 0 Å². The Labute approximate surface area is 492 Å². The number of hydrogen-bond acceptors (Lipinski definition) is 11. The number of rotatable bonds is 55. The summed E-state index contributed by atoms with van der Waals surface area (Å²) in [4.78, 5) is 51.3. The van der Waals surface area contributed by atoms with Gasteiger partial charge in [-0.05, 0) is 96.3 Å². The van der Waals surface area contributed by atoms with Crippen molar-refractivity contribution in [1.29, 1.82) is 0 Å². The third kappa shape index (κ3) is 46.0. The Morgan fingerprint density at radius 2 is 0.815 bits per heavy atom. The molecule has 12 heteroatoms.